The van der Waals surface area contributed by atoms with E-state index in [1.807, 2.05) is 0 Å². The Labute approximate surface area is 139 Å². The van der Waals surface area contributed by atoms with Gasteiger partial charge < -0.3 is 10.1 Å². The van der Waals surface area contributed by atoms with Crippen LogP contribution >= 0.6 is 0 Å². The number of hydrogen-bond acceptors (Lipinski definition) is 4. The molecule has 1 unspecified atom stereocenters. The Morgan fingerprint density at radius 2 is 2.00 bits per heavy atom. The number of rotatable bonds is 6. The fourth-order valence-electron chi connectivity index (χ4n) is 2.75. The summed E-state index contributed by atoms with van der Waals surface area (Å²) < 4.78 is 27.5. The molecule has 1 aromatic rings. The van der Waals surface area contributed by atoms with Crippen LogP contribution in [0.15, 0.2) is 18.2 Å². The summed E-state index contributed by atoms with van der Waals surface area (Å²) in [4.78, 5) is 12.3. The maximum absolute atomic E-state index is 12.3. The third-order valence-corrected chi connectivity index (χ3v) is 4.16. The molecule has 1 fully saturated rings. The number of esters is 1. The van der Waals surface area contributed by atoms with Crippen LogP contribution < -0.4 is 10.0 Å². The van der Waals surface area contributed by atoms with E-state index >= 15 is 0 Å². The number of carbonyl (C=O) groups is 1. The van der Waals surface area contributed by atoms with Crippen LogP contribution in [0.1, 0.15) is 56.3 Å². The molecule has 1 aliphatic carbocycles. The zero-order chi connectivity index (χ0) is 16.8. The topological polar surface area (TPSA) is 87.7 Å². The lowest BCUT2D eigenvalue weighted by Gasteiger charge is -2.25. The van der Waals surface area contributed by atoms with Crippen molar-refractivity contribution in [1.82, 2.24) is 0 Å². The van der Waals surface area contributed by atoms with Crippen molar-refractivity contribution in [2.24, 2.45) is 0 Å². The van der Waals surface area contributed by atoms with E-state index in [1.165, 1.54) is 19.3 Å². The van der Waals surface area contributed by atoms with Crippen molar-refractivity contribution in [3.63, 3.8) is 0 Å². The van der Waals surface area contributed by atoms with Gasteiger partial charge >= 0.3 is 5.97 Å². The number of carbonyl (C=O) groups excluding carboxylic acids is 1. The number of ether oxygens (including phenoxy) is 1. The van der Waals surface area contributed by atoms with E-state index in [2.05, 4.69) is 10.0 Å². The molecule has 0 spiro atoms. The van der Waals surface area contributed by atoms with E-state index in [9.17, 15) is 9.00 Å². The molecule has 2 rings (SSSR count). The fraction of sp³-hybridized carbons (Fsp3) is 0.562. The van der Waals surface area contributed by atoms with E-state index < -0.39 is 17.2 Å². The maximum atomic E-state index is 12.3. The predicted molar refractivity (Wildman–Crippen MR) is 91.9 cm³/mol. The van der Waals surface area contributed by atoms with Crippen molar-refractivity contribution >= 4 is 28.6 Å². The van der Waals surface area contributed by atoms with Crippen LogP contribution in [0.5, 0.6) is 0 Å². The molecule has 3 N–H and O–H groups in total. The zero-order valence-corrected chi connectivity index (χ0v) is 14.3. The number of nitrogens with one attached hydrogen (secondary N) is 2. The van der Waals surface area contributed by atoms with Gasteiger partial charge in [0, 0.05) is 17.4 Å². The molecule has 0 saturated heterocycles. The number of hydrogen-bond donors (Lipinski definition) is 3. The van der Waals surface area contributed by atoms with Gasteiger partial charge in [-0.05, 0) is 44.9 Å². The molecule has 0 amide bonds. The first kappa shape index (κ1) is 17.7. The highest BCUT2D eigenvalue weighted by Gasteiger charge is 2.19. The molecule has 6 nitrogen and oxygen atoms in total. The highest BCUT2D eigenvalue weighted by molar-refractivity contribution is 7.80. The molecular weight excluding hydrogens is 316 g/mol. The second-order valence-electron chi connectivity index (χ2n) is 6.04. The zero-order valence-electron chi connectivity index (χ0n) is 13.5. The minimum atomic E-state index is -2.18. The molecule has 0 radical (unpaired) electrons. The third kappa shape index (κ3) is 5.51. The second-order valence-corrected chi connectivity index (χ2v) is 6.75. The highest BCUT2D eigenvalue weighted by Crippen LogP contribution is 2.27. The van der Waals surface area contributed by atoms with Gasteiger partial charge in [-0.2, -0.15) is 0 Å². The van der Waals surface area contributed by atoms with Gasteiger partial charge in [0.05, 0.1) is 11.7 Å². The minimum Gasteiger partial charge on any atom is -0.459 e. The van der Waals surface area contributed by atoms with Crippen LogP contribution in [0, 0.1) is 0 Å². The first-order valence-corrected chi connectivity index (χ1v) is 9.05. The average molecular weight is 340 g/mol. The monoisotopic (exact) mass is 340 g/mol. The van der Waals surface area contributed by atoms with Crippen molar-refractivity contribution in [1.29, 1.82) is 0 Å². The molecule has 128 valence electrons. The molecule has 1 atom stereocenters. The minimum absolute atomic E-state index is 0.228. The van der Waals surface area contributed by atoms with Gasteiger partial charge in [-0.3, -0.25) is 9.27 Å². The Morgan fingerprint density at radius 3 is 2.61 bits per heavy atom. The molecular formula is C16H24N2O4S. The van der Waals surface area contributed by atoms with Gasteiger partial charge in [-0.1, -0.05) is 19.3 Å². The van der Waals surface area contributed by atoms with Crippen molar-refractivity contribution in [3.05, 3.63) is 23.8 Å². The van der Waals surface area contributed by atoms with Gasteiger partial charge in [-0.15, -0.1) is 0 Å². The van der Waals surface area contributed by atoms with E-state index in [1.54, 1.807) is 32.0 Å². The Hall–Kier alpha value is -1.60. The van der Waals surface area contributed by atoms with E-state index in [0.29, 0.717) is 23.0 Å². The second kappa shape index (κ2) is 8.31. The average Bonchev–Trinajstić information content (AvgIpc) is 2.48. The Kier molecular flexibility index (Phi) is 6.41. The third-order valence-electron chi connectivity index (χ3n) is 3.75. The Bertz CT molecular complexity index is 571. The van der Waals surface area contributed by atoms with Gasteiger partial charge in [0.15, 0.2) is 0 Å². The normalized spacial score (nSPS) is 16.9. The summed E-state index contributed by atoms with van der Waals surface area (Å²) in [5.41, 5.74) is 1.48. The quantitative estimate of drug-likeness (QED) is 0.544. The molecule has 1 saturated carbocycles. The molecule has 23 heavy (non-hydrogen) atoms. The van der Waals surface area contributed by atoms with Crippen LogP contribution in [-0.2, 0) is 16.0 Å². The summed E-state index contributed by atoms with van der Waals surface area (Å²) in [6.45, 7) is 3.58. The van der Waals surface area contributed by atoms with Crippen LogP contribution in [0.2, 0.25) is 0 Å². The van der Waals surface area contributed by atoms with Crippen LogP contribution in [0.25, 0.3) is 0 Å². The maximum Gasteiger partial charge on any atom is 0.340 e. The fourth-order valence-corrected chi connectivity index (χ4v) is 3.08. The van der Waals surface area contributed by atoms with Gasteiger partial charge in [-0.25, -0.2) is 9.00 Å². The summed E-state index contributed by atoms with van der Waals surface area (Å²) in [6.07, 6.45) is 5.57. The summed E-state index contributed by atoms with van der Waals surface area (Å²) in [6, 6.07) is 5.32. The summed E-state index contributed by atoms with van der Waals surface area (Å²) in [5, 5.41) is 3.42. The lowest BCUT2D eigenvalue weighted by atomic mass is 9.95. The lowest BCUT2D eigenvalue weighted by Crippen LogP contribution is -2.24. The molecule has 0 aliphatic heterocycles. The molecule has 0 bridgehead atoms. The van der Waals surface area contributed by atoms with Crippen LogP contribution in [0.4, 0.5) is 11.4 Å². The van der Waals surface area contributed by atoms with Crippen molar-refractivity contribution in [3.8, 4) is 0 Å². The van der Waals surface area contributed by atoms with Crippen molar-refractivity contribution in [2.45, 2.75) is 58.1 Å². The largest absolute Gasteiger partial charge is 0.459 e. The highest BCUT2D eigenvalue weighted by atomic mass is 32.2. The molecule has 0 aromatic heterocycles. The van der Waals surface area contributed by atoms with E-state index in [0.717, 1.165) is 12.8 Å². The molecule has 1 aromatic carbocycles. The summed E-state index contributed by atoms with van der Waals surface area (Å²) in [5.74, 6) is -0.439. The first-order valence-electron chi connectivity index (χ1n) is 7.95. The molecule has 1 aliphatic rings. The first-order chi connectivity index (χ1) is 11.0. The van der Waals surface area contributed by atoms with Gasteiger partial charge in [0.1, 0.15) is 0 Å². The number of benzene rings is 1. The lowest BCUT2D eigenvalue weighted by molar-refractivity contribution is 0.0379. The van der Waals surface area contributed by atoms with Crippen LogP contribution in [0.3, 0.4) is 0 Å². The van der Waals surface area contributed by atoms with Gasteiger partial charge in [0.2, 0.25) is 0 Å². The number of anilines is 2. The predicted octanol–water partition coefficient (Wildman–Crippen LogP) is 3.55. The molecule has 0 heterocycles. The van der Waals surface area contributed by atoms with E-state index in [-0.39, 0.29) is 6.10 Å². The van der Waals surface area contributed by atoms with Crippen molar-refractivity contribution < 1.29 is 18.3 Å². The molecule has 7 heteroatoms. The Morgan fingerprint density at radius 1 is 1.30 bits per heavy atom. The van der Waals surface area contributed by atoms with Gasteiger partial charge in [0.25, 0.3) is 11.3 Å². The summed E-state index contributed by atoms with van der Waals surface area (Å²) >= 11 is -2.18. The summed E-state index contributed by atoms with van der Waals surface area (Å²) in [7, 11) is 0. The van der Waals surface area contributed by atoms with Crippen molar-refractivity contribution in [2.75, 3.05) is 10.0 Å². The van der Waals surface area contributed by atoms with Crippen LogP contribution in [-0.4, -0.2) is 26.9 Å². The standard InChI is InChI=1S/C16H24N2O4S/c1-11(2)22-16(19)14-10-13(18-23(20)21)8-9-15(14)17-12-6-4-3-5-7-12/h8-12,17-18H,3-7H2,1-2H3,(H,20,21). The van der Waals surface area contributed by atoms with E-state index in [4.69, 9.17) is 9.29 Å². The smallest absolute Gasteiger partial charge is 0.340 e. The SMILES string of the molecule is CC(C)OC(=O)c1cc(NS(=O)O)ccc1NC1CCCCC1. The Balaban J connectivity index is 2.23.